The second kappa shape index (κ2) is 8.10. The summed E-state index contributed by atoms with van der Waals surface area (Å²) in [5, 5.41) is 6.05. The molecule has 0 aromatic heterocycles. The topological polar surface area (TPSA) is 50.4 Å². The van der Waals surface area contributed by atoms with Gasteiger partial charge in [-0.1, -0.05) is 12.1 Å². The molecule has 1 aliphatic rings. The first-order chi connectivity index (χ1) is 10.1. The fourth-order valence-electron chi connectivity index (χ4n) is 2.50. The molecule has 116 valence electrons. The zero-order valence-corrected chi connectivity index (χ0v) is 12.4. The van der Waals surface area contributed by atoms with Crippen molar-refractivity contribution >= 4 is 5.91 Å². The number of ether oxygens (including phenoxy) is 1. The molecule has 1 fully saturated rings. The Hall–Kier alpha value is -1.46. The van der Waals surface area contributed by atoms with Gasteiger partial charge in [0.1, 0.15) is 5.82 Å². The van der Waals surface area contributed by atoms with Gasteiger partial charge in [-0.3, -0.25) is 4.79 Å². The van der Waals surface area contributed by atoms with E-state index in [9.17, 15) is 9.18 Å². The lowest BCUT2D eigenvalue weighted by Crippen LogP contribution is -2.41. The molecule has 2 rings (SSSR count). The lowest BCUT2D eigenvalue weighted by atomic mass is 10.1. The van der Waals surface area contributed by atoms with Gasteiger partial charge in [-0.2, -0.15) is 0 Å². The first-order valence-corrected chi connectivity index (χ1v) is 7.49. The van der Waals surface area contributed by atoms with Crippen molar-refractivity contribution in [3.8, 4) is 0 Å². The molecule has 0 aliphatic carbocycles. The molecule has 0 bridgehead atoms. The highest BCUT2D eigenvalue weighted by atomic mass is 19.1. The predicted molar refractivity (Wildman–Crippen MR) is 79.6 cm³/mol. The Morgan fingerprint density at radius 2 is 2.19 bits per heavy atom. The molecule has 4 nitrogen and oxygen atoms in total. The summed E-state index contributed by atoms with van der Waals surface area (Å²) in [6.45, 7) is 3.79. The number of carbonyl (C=O) groups is 1. The van der Waals surface area contributed by atoms with Crippen molar-refractivity contribution in [1.82, 2.24) is 10.6 Å². The van der Waals surface area contributed by atoms with Gasteiger partial charge in [-0.15, -0.1) is 0 Å². The van der Waals surface area contributed by atoms with Crippen molar-refractivity contribution in [3.05, 3.63) is 35.6 Å². The van der Waals surface area contributed by atoms with Crippen LogP contribution in [0.3, 0.4) is 0 Å². The summed E-state index contributed by atoms with van der Waals surface area (Å²) < 4.78 is 18.3. The van der Waals surface area contributed by atoms with Crippen LogP contribution in [0.5, 0.6) is 0 Å². The van der Waals surface area contributed by atoms with E-state index < -0.39 is 0 Å². The maximum absolute atomic E-state index is 12.8. The van der Waals surface area contributed by atoms with Crippen LogP contribution in [-0.4, -0.2) is 37.7 Å². The summed E-state index contributed by atoms with van der Waals surface area (Å²) in [5.74, 6) is -0.267. The highest BCUT2D eigenvalue weighted by Gasteiger charge is 2.15. The average molecular weight is 294 g/mol. The van der Waals surface area contributed by atoms with E-state index in [1.807, 2.05) is 6.92 Å². The molecule has 2 N–H and O–H groups in total. The van der Waals surface area contributed by atoms with E-state index in [0.717, 1.165) is 31.6 Å². The Labute approximate surface area is 125 Å². The predicted octanol–water partition coefficient (Wildman–Crippen LogP) is 1.64. The van der Waals surface area contributed by atoms with Gasteiger partial charge in [0.15, 0.2) is 0 Å². The van der Waals surface area contributed by atoms with Crippen LogP contribution in [0.1, 0.15) is 25.3 Å². The lowest BCUT2D eigenvalue weighted by Gasteiger charge is -2.15. The van der Waals surface area contributed by atoms with E-state index in [-0.39, 0.29) is 23.9 Å². The normalized spacial score (nSPS) is 19.4. The minimum absolute atomic E-state index is 0.0208. The highest BCUT2D eigenvalue weighted by Crippen LogP contribution is 2.10. The Morgan fingerprint density at radius 1 is 1.43 bits per heavy atom. The Morgan fingerprint density at radius 3 is 2.86 bits per heavy atom. The molecule has 0 radical (unpaired) electrons. The minimum Gasteiger partial charge on any atom is -0.377 e. The van der Waals surface area contributed by atoms with Gasteiger partial charge >= 0.3 is 0 Å². The number of hydrogen-bond donors (Lipinski definition) is 2. The minimum atomic E-state index is -0.242. The second-order valence-corrected chi connectivity index (χ2v) is 5.57. The molecule has 0 spiro atoms. The highest BCUT2D eigenvalue weighted by molar-refractivity contribution is 5.78. The quantitative estimate of drug-likeness (QED) is 0.804. The number of nitrogens with one attached hydrogen (secondary N) is 2. The maximum Gasteiger partial charge on any atom is 0.234 e. The van der Waals surface area contributed by atoms with Crippen LogP contribution in [0.15, 0.2) is 24.3 Å². The van der Waals surface area contributed by atoms with Crippen molar-refractivity contribution < 1.29 is 13.9 Å². The number of hydrogen-bond acceptors (Lipinski definition) is 3. The summed E-state index contributed by atoms with van der Waals surface area (Å²) in [6.07, 6.45) is 3.11. The molecule has 0 unspecified atom stereocenters. The largest absolute Gasteiger partial charge is 0.377 e. The first-order valence-electron chi connectivity index (χ1n) is 7.49. The maximum atomic E-state index is 12.8. The summed E-state index contributed by atoms with van der Waals surface area (Å²) >= 11 is 0. The molecule has 1 heterocycles. The fourth-order valence-corrected chi connectivity index (χ4v) is 2.50. The smallest absolute Gasteiger partial charge is 0.234 e. The SMILES string of the molecule is C[C@@H](Cc1ccc(F)cc1)NC(=O)CNC[C@@H]1CCCO1. The van der Waals surface area contributed by atoms with E-state index in [1.54, 1.807) is 12.1 Å². The molecule has 2 atom stereocenters. The van der Waals surface area contributed by atoms with Gasteiger partial charge in [0, 0.05) is 19.2 Å². The van der Waals surface area contributed by atoms with Crippen LogP contribution in [0.2, 0.25) is 0 Å². The van der Waals surface area contributed by atoms with Crippen molar-refractivity contribution in [2.24, 2.45) is 0 Å². The van der Waals surface area contributed by atoms with Crippen molar-refractivity contribution in [1.29, 1.82) is 0 Å². The monoisotopic (exact) mass is 294 g/mol. The van der Waals surface area contributed by atoms with Gasteiger partial charge in [0.2, 0.25) is 5.91 Å². The first kappa shape index (κ1) is 15.9. The number of benzene rings is 1. The third-order valence-electron chi connectivity index (χ3n) is 3.54. The van der Waals surface area contributed by atoms with Gasteiger partial charge in [-0.05, 0) is 43.9 Å². The van der Waals surface area contributed by atoms with Crippen LogP contribution >= 0.6 is 0 Å². The molecular weight excluding hydrogens is 271 g/mol. The van der Waals surface area contributed by atoms with Gasteiger partial charge in [0.25, 0.3) is 0 Å². The lowest BCUT2D eigenvalue weighted by molar-refractivity contribution is -0.120. The van der Waals surface area contributed by atoms with E-state index in [2.05, 4.69) is 10.6 Å². The molecule has 1 amide bonds. The van der Waals surface area contributed by atoms with Gasteiger partial charge in [-0.25, -0.2) is 4.39 Å². The molecule has 1 aromatic rings. The molecule has 1 saturated heterocycles. The average Bonchev–Trinajstić information content (AvgIpc) is 2.94. The Balaban J connectivity index is 1.63. The van der Waals surface area contributed by atoms with Crippen LogP contribution in [0.4, 0.5) is 4.39 Å². The second-order valence-electron chi connectivity index (χ2n) is 5.57. The zero-order chi connectivity index (χ0) is 15.1. The van der Waals surface area contributed by atoms with Crippen molar-refractivity contribution in [3.63, 3.8) is 0 Å². The van der Waals surface area contributed by atoms with Gasteiger partial charge in [0.05, 0.1) is 12.6 Å². The fraction of sp³-hybridized carbons (Fsp3) is 0.562. The van der Waals surface area contributed by atoms with Crippen molar-refractivity contribution in [2.45, 2.75) is 38.3 Å². The van der Waals surface area contributed by atoms with E-state index in [0.29, 0.717) is 13.0 Å². The molecule has 1 aromatic carbocycles. The molecule has 1 aliphatic heterocycles. The number of rotatable bonds is 7. The molecule has 5 heteroatoms. The van der Waals surface area contributed by atoms with Gasteiger partial charge < -0.3 is 15.4 Å². The summed E-state index contributed by atoms with van der Waals surface area (Å²) in [4.78, 5) is 11.8. The van der Waals surface area contributed by atoms with Crippen LogP contribution in [-0.2, 0) is 16.0 Å². The van der Waals surface area contributed by atoms with Crippen LogP contribution < -0.4 is 10.6 Å². The Kier molecular flexibility index (Phi) is 6.14. The zero-order valence-electron chi connectivity index (χ0n) is 12.4. The third-order valence-corrected chi connectivity index (χ3v) is 3.54. The standard InChI is InChI=1S/C16H23FN2O2/c1-12(9-13-4-6-14(17)7-5-13)19-16(20)11-18-10-15-3-2-8-21-15/h4-7,12,15,18H,2-3,8-11H2,1H3,(H,19,20)/t12-,15-/m0/s1. The van der Waals surface area contributed by atoms with E-state index >= 15 is 0 Å². The van der Waals surface area contributed by atoms with E-state index in [4.69, 9.17) is 4.74 Å². The third kappa shape index (κ3) is 5.81. The van der Waals surface area contributed by atoms with E-state index in [1.165, 1.54) is 12.1 Å². The summed E-state index contributed by atoms with van der Waals surface area (Å²) in [5.41, 5.74) is 1.01. The van der Waals surface area contributed by atoms with Crippen LogP contribution in [0, 0.1) is 5.82 Å². The Bertz CT molecular complexity index is 444. The molecule has 0 saturated carbocycles. The molecular formula is C16H23FN2O2. The number of amides is 1. The summed E-state index contributed by atoms with van der Waals surface area (Å²) in [7, 11) is 0. The molecule has 21 heavy (non-hydrogen) atoms. The number of carbonyl (C=O) groups excluding carboxylic acids is 1. The summed E-state index contributed by atoms with van der Waals surface area (Å²) in [6, 6.07) is 6.38. The van der Waals surface area contributed by atoms with Crippen molar-refractivity contribution in [2.75, 3.05) is 19.7 Å². The number of halogens is 1. The van der Waals surface area contributed by atoms with Crippen LogP contribution in [0.25, 0.3) is 0 Å².